The molecule has 40 heavy (non-hydrogen) atoms. The van der Waals surface area contributed by atoms with Crippen LogP contribution in [0.25, 0.3) is 0 Å². The van der Waals surface area contributed by atoms with E-state index in [-0.39, 0.29) is 29.8 Å². The standard InChI is InChI=1S/C30H42ClN3O5Si/c1-29(2,3)40(7,8)39-14-13-19-9-12-26(38-6)23(15-19)30(22-16-20(31)10-11-24(22)32-28(30)37)34-18-21(35)17-25(34)27(36)33(4)5/h9-12,15-16,21,25,35H,13-14,17-18H2,1-8H3,(H,32,37)/t21-,25+,30?/m1/s1. The van der Waals surface area contributed by atoms with Crippen LogP contribution in [0.2, 0.25) is 23.2 Å². The summed E-state index contributed by atoms with van der Waals surface area (Å²) >= 11 is 6.50. The topological polar surface area (TPSA) is 91.3 Å². The van der Waals surface area contributed by atoms with Gasteiger partial charge in [-0.25, -0.2) is 0 Å². The zero-order chi connectivity index (χ0) is 29.6. The minimum atomic E-state index is -1.94. The van der Waals surface area contributed by atoms with Gasteiger partial charge in [-0.1, -0.05) is 38.4 Å². The fourth-order valence-corrected chi connectivity index (χ4v) is 6.74. The van der Waals surface area contributed by atoms with Crippen LogP contribution in [0.15, 0.2) is 36.4 Å². The number of nitrogens with one attached hydrogen (secondary N) is 1. The number of rotatable bonds is 8. The maximum atomic E-state index is 14.3. The highest BCUT2D eigenvalue weighted by Crippen LogP contribution is 2.51. The molecule has 0 saturated carbocycles. The van der Waals surface area contributed by atoms with Gasteiger partial charge in [0, 0.05) is 49.1 Å². The Kier molecular flexibility index (Phi) is 8.47. The van der Waals surface area contributed by atoms with E-state index in [2.05, 4.69) is 39.2 Å². The molecule has 2 amide bonds. The number of amides is 2. The first-order valence-corrected chi connectivity index (χ1v) is 17.0. The molecule has 2 aromatic rings. The van der Waals surface area contributed by atoms with Gasteiger partial charge in [-0.05, 0) is 66.9 Å². The monoisotopic (exact) mass is 587 g/mol. The molecule has 0 radical (unpaired) electrons. The zero-order valence-corrected chi connectivity index (χ0v) is 26.6. The molecule has 1 fully saturated rings. The van der Waals surface area contributed by atoms with E-state index in [4.69, 9.17) is 20.8 Å². The van der Waals surface area contributed by atoms with E-state index >= 15 is 0 Å². The van der Waals surface area contributed by atoms with Crippen LogP contribution in [0, 0.1) is 0 Å². The van der Waals surface area contributed by atoms with Crippen LogP contribution in [0.1, 0.15) is 43.9 Å². The highest BCUT2D eigenvalue weighted by atomic mass is 35.5. The number of ether oxygens (including phenoxy) is 1. The van der Waals surface area contributed by atoms with E-state index in [1.54, 1.807) is 39.4 Å². The number of hydrogen-bond donors (Lipinski definition) is 2. The van der Waals surface area contributed by atoms with Crippen LogP contribution in [-0.4, -0.2) is 81.5 Å². The molecule has 10 heteroatoms. The van der Waals surface area contributed by atoms with Crippen molar-refractivity contribution in [3.8, 4) is 5.75 Å². The van der Waals surface area contributed by atoms with Gasteiger partial charge in [0.25, 0.3) is 5.91 Å². The lowest BCUT2D eigenvalue weighted by molar-refractivity contribution is -0.138. The number of aliphatic hydroxyl groups is 1. The van der Waals surface area contributed by atoms with Gasteiger partial charge in [-0.3, -0.25) is 14.5 Å². The number of β-amino-alcohol motifs (C(OH)–C–C–N with tert-alkyl or cyclic N) is 1. The van der Waals surface area contributed by atoms with Gasteiger partial charge in [0.2, 0.25) is 5.91 Å². The average Bonchev–Trinajstić information content (AvgIpc) is 3.39. The van der Waals surface area contributed by atoms with E-state index in [1.807, 2.05) is 23.1 Å². The van der Waals surface area contributed by atoms with Gasteiger partial charge >= 0.3 is 0 Å². The van der Waals surface area contributed by atoms with Gasteiger partial charge in [-0.2, -0.15) is 0 Å². The van der Waals surface area contributed by atoms with Crippen molar-refractivity contribution in [1.82, 2.24) is 9.80 Å². The average molecular weight is 588 g/mol. The summed E-state index contributed by atoms with van der Waals surface area (Å²) in [5, 5.41) is 14.4. The van der Waals surface area contributed by atoms with Crippen LogP contribution in [0.4, 0.5) is 5.69 Å². The molecule has 3 atom stereocenters. The van der Waals surface area contributed by atoms with Gasteiger partial charge in [0.1, 0.15) is 5.75 Å². The number of carbonyl (C=O) groups is 2. The predicted molar refractivity (Wildman–Crippen MR) is 161 cm³/mol. The fourth-order valence-electron chi connectivity index (χ4n) is 5.52. The van der Waals surface area contributed by atoms with Crippen molar-refractivity contribution in [2.45, 2.75) is 69.4 Å². The molecule has 2 aliphatic rings. The summed E-state index contributed by atoms with van der Waals surface area (Å²) in [5.74, 6) is 0.00923. The summed E-state index contributed by atoms with van der Waals surface area (Å²) in [4.78, 5) is 31.0. The highest BCUT2D eigenvalue weighted by Gasteiger charge is 2.59. The summed E-state index contributed by atoms with van der Waals surface area (Å²) in [6.45, 7) is 11.8. The van der Waals surface area contributed by atoms with Crippen molar-refractivity contribution in [2.75, 3.05) is 39.7 Å². The molecule has 0 aromatic heterocycles. The Morgan fingerprint density at radius 2 is 1.90 bits per heavy atom. The lowest BCUT2D eigenvalue weighted by atomic mass is 9.80. The smallest absolute Gasteiger partial charge is 0.254 e. The number of fused-ring (bicyclic) bond motifs is 1. The SMILES string of the molecule is COc1ccc(CCO[Si](C)(C)C(C)(C)C)cc1C1(N2C[C@H](O)C[C@H]2C(=O)N(C)C)C(=O)Nc2ccc(Cl)cc21. The van der Waals surface area contributed by atoms with Crippen LogP contribution in [-0.2, 0) is 26.0 Å². The second kappa shape index (κ2) is 11.1. The van der Waals surface area contributed by atoms with E-state index in [1.165, 1.54) is 4.90 Å². The first-order chi connectivity index (χ1) is 18.6. The second-order valence-electron chi connectivity index (χ2n) is 12.5. The summed E-state index contributed by atoms with van der Waals surface area (Å²) in [5.41, 5.74) is 1.37. The first kappa shape index (κ1) is 30.5. The Morgan fingerprint density at radius 1 is 1.20 bits per heavy atom. The summed E-state index contributed by atoms with van der Waals surface area (Å²) < 4.78 is 12.3. The molecule has 2 heterocycles. The molecule has 2 N–H and O–H groups in total. The molecule has 0 aliphatic carbocycles. The zero-order valence-electron chi connectivity index (χ0n) is 24.8. The minimum absolute atomic E-state index is 0.0949. The summed E-state index contributed by atoms with van der Waals surface area (Å²) in [6, 6.07) is 10.4. The van der Waals surface area contributed by atoms with Crippen LogP contribution in [0.3, 0.4) is 0 Å². The van der Waals surface area contributed by atoms with E-state index < -0.39 is 26.0 Å². The van der Waals surface area contributed by atoms with Crippen molar-refractivity contribution < 1.29 is 23.9 Å². The van der Waals surface area contributed by atoms with Gasteiger partial charge in [0.15, 0.2) is 13.9 Å². The Morgan fingerprint density at radius 3 is 2.52 bits per heavy atom. The molecule has 0 spiro atoms. The third kappa shape index (κ3) is 5.30. The van der Waals surface area contributed by atoms with Crippen LogP contribution < -0.4 is 10.1 Å². The number of hydrogen-bond acceptors (Lipinski definition) is 6. The van der Waals surface area contributed by atoms with Gasteiger partial charge in [-0.15, -0.1) is 0 Å². The van der Waals surface area contributed by atoms with Crippen molar-refractivity contribution >= 4 is 37.4 Å². The number of benzene rings is 2. The summed E-state index contributed by atoms with van der Waals surface area (Å²) in [7, 11) is 2.99. The molecule has 8 nitrogen and oxygen atoms in total. The normalized spacial score (nSPS) is 23.2. The maximum absolute atomic E-state index is 14.3. The van der Waals surface area contributed by atoms with Crippen molar-refractivity contribution in [3.63, 3.8) is 0 Å². The van der Waals surface area contributed by atoms with Gasteiger partial charge in [0.05, 0.1) is 19.3 Å². The van der Waals surface area contributed by atoms with Crippen molar-refractivity contribution in [1.29, 1.82) is 0 Å². The number of nitrogens with zero attached hydrogens (tertiary/aromatic N) is 2. The Hall–Kier alpha value is -2.43. The number of likely N-dealkylation sites (N-methyl/N-ethyl adjacent to an activating group) is 1. The molecule has 1 unspecified atom stereocenters. The summed E-state index contributed by atoms with van der Waals surface area (Å²) in [6.07, 6.45) is 0.0744. The highest BCUT2D eigenvalue weighted by molar-refractivity contribution is 6.74. The third-order valence-electron chi connectivity index (χ3n) is 8.70. The quantitative estimate of drug-likeness (QED) is 0.438. The number of aliphatic hydroxyl groups excluding tert-OH is 1. The molecule has 2 aliphatic heterocycles. The Bertz CT molecular complexity index is 1290. The fraction of sp³-hybridized carbons (Fsp3) is 0.533. The number of methoxy groups -OCH3 is 1. The molecule has 2 aromatic carbocycles. The number of carbonyl (C=O) groups excluding carboxylic acids is 2. The molecular weight excluding hydrogens is 546 g/mol. The van der Waals surface area contributed by atoms with Crippen LogP contribution >= 0.6 is 11.6 Å². The Balaban J connectivity index is 1.87. The molecular formula is C30H42ClN3O5Si. The van der Waals surface area contributed by atoms with Gasteiger partial charge < -0.3 is 24.5 Å². The van der Waals surface area contributed by atoms with E-state index in [9.17, 15) is 14.7 Å². The Labute approximate surface area is 243 Å². The number of anilines is 1. The molecule has 0 bridgehead atoms. The van der Waals surface area contributed by atoms with E-state index in [0.29, 0.717) is 40.6 Å². The molecule has 218 valence electrons. The maximum Gasteiger partial charge on any atom is 0.254 e. The first-order valence-electron chi connectivity index (χ1n) is 13.7. The van der Waals surface area contributed by atoms with Crippen LogP contribution in [0.5, 0.6) is 5.75 Å². The number of halogens is 1. The lowest BCUT2D eigenvalue weighted by Gasteiger charge is -2.41. The predicted octanol–water partition coefficient (Wildman–Crippen LogP) is 4.63. The molecule has 1 saturated heterocycles. The largest absolute Gasteiger partial charge is 0.496 e. The lowest BCUT2D eigenvalue weighted by Crippen LogP contribution is -2.57. The molecule has 4 rings (SSSR count). The van der Waals surface area contributed by atoms with Crippen molar-refractivity contribution in [3.05, 3.63) is 58.1 Å². The van der Waals surface area contributed by atoms with Crippen molar-refractivity contribution in [2.24, 2.45) is 0 Å². The third-order valence-corrected chi connectivity index (χ3v) is 13.5. The number of likely N-dealkylation sites (tertiary alicyclic amines) is 1. The second-order valence-corrected chi connectivity index (χ2v) is 17.8. The van der Waals surface area contributed by atoms with E-state index in [0.717, 1.165) is 5.56 Å². The minimum Gasteiger partial charge on any atom is -0.496 e.